The molecule has 0 unspecified atom stereocenters. The number of hydrogen-bond acceptors (Lipinski definition) is 0. The highest BCUT2D eigenvalue weighted by molar-refractivity contribution is 5.77. The molecule has 0 fully saturated rings. The van der Waals surface area contributed by atoms with Crippen LogP contribution in [0, 0.1) is 118 Å². The third kappa shape index (κ3) is 16.6. The molecule has 0 radical (unpaired) electrons. The van der Waals surface area contributed by atoms with Gasteiger partial charge in [-0.05, 0) is 325 Å². The van der Waals surface area contributed by atoms with Gasteiger partial charge in [0.2, 0.25) is 0 Å². The molecule has 0 N–H and O–H groups in total. The monoisotopic (exact) mass is 1160 g/mol. The second-order valence-corrected chi connectivity index (χ2v) is 28.4. The molecular weight excluding hydrogens is 1050 g/mol. The second-order valence-electron chi connectivity index (χ2n) is 28.4. The number of aryl methyl sites for hydroxylation is 8. The van der Waals surface area contributed by atoms with Gasteiger partial charge >= 0.3 is 6.18 Å². The lowest BCUT2D eigenvalue weighted by Crippen LogP contribution is -2.16. The maximum atomic E-state index is 12.5. The van der Waals surface area contributed by atoms with Crippen molar-refractivity contribution in [2.75, 3.05) is 0 Å². The zero-order valence-corrected chi connectivity index (χ0v) is 58.7. The fourth-order valence-electron chi connectivity index (χ4n) is 11.5. The van der Waals surface area contributed by atoms with E-state index in [-0.39, 0.29) is 10.8 Å². The lowest BCUT2D eigenvalue weighted by Gasteiger charge is -2.26. The average molecular weight is 1160 g/mol. The first kappa shape index (κ1) is 70.3. The van der Waals surface area contributed by atoms with Gasteiger partial charge in [-0.15, -0.1) is 0 Å². The van der Waals surface area contributed by atoms with Crippen LogP contribution in [0.2, 0.25) is 0 Å². The summed E-state index contributed by atoms with van der Waals surface area (Å²) in [6, 6.07) is 35.4. The zero-order valence-electron chi connectivity index (χ0n) is 58.7. The molecule has 8 aromatic carbocycles. The Balaban J connectivity index is 0.000000210. The molecule has 0 aliphatic rings. The van der Waals surface area contributed by atoms with E-state index in [9.17, 15) is 13.2 Å². The number of benzene rings is 8. The minimum Gasteiger partial charge on any atom is -0.166 e. The Labute approximate surface area is 521 Å². The first-order chi connectivity index (χ1) is 39.6. The van der Waals surface area contributed by atoms with Crippen molar-refractivity contribution in [1.29, 1.82) is 0 Å². The van der Waals surface area contributed by atoms with Crippen molar-refractivity contribution < 1.29 is 13.2 Å². The van der Waals surface area contributed by atoms with Gasteiger partial charge in [0.05, 0.1) is 5.56 Å². The van der Waals surface area contributed by atoms with Gasteiger partial charge in [-0.2, -0.15) is 13.2 Å². The van der Waals surface area contributed by atoms with Crippen LogP contribution in [0.5, 0.6) is 0 Å². The molecular formula is C83H107F3. The predicted molar refractivity (Wildman–Crippen MR) is 373 cm³/mol. The Morgan fingerprint density at radius 3 is 0.802 bits per heavy atom. The summed E-state index contributed by atoms with van der Waals surface area (Å²) in [7, 11) is 0. The number of alkyl halides is 3. The molecule has 86 heavy (non-hydrogen) atoms. The minimum atomic E-state index is -4.28. The maximum absolute atomic E-state index is 12.5. The molecule has 0 heterocycles. The molecule has 8 aromatic rings. The van der Waals surface area contributed by atoms with Gasteiger partial charge < -0.3 is 0 Å². The normalized spacial score (nSPS) is 11.8. The van der Waals surface area contributed by atoms with E-state index < -0.39 is 11.7 Å². The summed E-state index contributed by atoms with van der Waals surface area (Å²) < 4.78 is 37.5. The Kier molecular flexibility index (Phi) is 22.7. The van der Waals surface area contributed by atoms with E-state index in [0.717, 1.165) is 34.4 Å². The molecule has 0 saturated carbocycles. The fourth-order valence-corrected chi connectivity index (χ4v) is 11.5. The summed E-state index contributed by atoms with van der Waals surface area (Å²) in [5.74, 6) is 1.62. The smallest absolute Gasteiger partial charge is 0.166 e. The van der Waals surface area contributed by atoms with Crippen LogP contribution in [0.4, 0.5) is 13.2 Å². The lowest BCUT2D eigenvalue weighted by atomic mass is 9.78. The van der Waals surface area contributed by atoms with Crippen LogP contribution in [0.1, 0.15) is 229 Å². The molecule has 0 aliphatic heterocycles. The summed E-state index contributed by atoms with van der Waals surface area (Å²) >= 11 is 0. The van der Waals surface area contributed by atoms with E-state index >= 15 is 0 Å². The Morgan fingerprint density at radius 2 is 0.523 bits per heavy atom. The van der Waals surface area contributed by atoms with E-state index in [0.29, 0.717) is 17.8 Å². The third-order valence-electron chi connectivity index (χ3n) is 19.0. The number of halogens is 3. The highest BCUT2D eigenvalue weighted by Crippen LogP contribution is 2.42. The van der Waals surface area contributed by atoms with Gasteiger partial charge in [-0.25, -0.2) is 0 Å². The van der Waals surface area contributed by atoms with Crippen LogP contribution in [0.25, 0.3) is 44.5 Å². The lowest BCUT2D eigenvalue weighted by molar-refractivity contribution is -0.137. The van der Waals surface area contributed by atoms with Crippen molar-refractivity contribution in [3.05, 3.63) is 231 Å². The molecule has 0 aromatic heterocycles. The summed E-state index contributed by atoms with van der Waals surface area (Å²) in [5.41, 5.74) is 40.2. The van der Waals surface area contributed by atoms with Crippen molar-refractivity contribution in [3.63, 3.8) is 0 Å². The maximum Gasteiger partial charge on any atom is 0.416 e. The largest absolute Gasteiger partial charge is 0.416 e. The van der Waals surface area contributed by atoms with Crippen molar-refractivity contribution in [2.45, 2.75) is 236 Å². The first-order valence-electron chi connectivity index (χ1n) is 31.5. The van der Waals surface area contributed by atoms with Gasteiger partial charge in [-0.3, -0.25) is 0 Å². The quantitative estimate of drug-likeness (QED) is 0.149. The predicted octanol–water partition coefficient (Wildman–Crippen LogP) is 25.6. The fraction of sp³-hybridized carbons (Fsp3) is 0.422. The Bertz CT molecular complexity index is 3540. The highest BCUT2D eigenvalue weighted by Gasteiger charge is 2.30. The zero-order chi connectivity index (χ0) is 65.2. The van der Waals surface area contributed by atoms with Crippen LogP contribution in [0.3, 0.4) is 0 Å². The molecule has 0 bridgehead atoms. The number of hydrogen-bond donors (Lipinski definition) is 0. The van der Waals surface area contributed by atoms with E-state index in [4.69, 9.17) is 0 Å². The summed E-state index contributed by atoms with van der Waals surface area (Å²) in [4.78, 5) is 0. The SMILES string of the molecule is Cc1cc(-c2c(C(C)C)cc(C(C)C)cc2C(C)C)cc(C)c1C.Cc1cc(-c2c(C)c(C)c(C)c(C)c2C)cc(C)c1C.Cc1cc(-c2cc(C(C)(C)C)cc(C(C)(C)C)c2)cc(C)c1C.Cc1cc(-c2ccc(C(F)(F)F)cc2)cc(C)c1C. The van der Waals surface area contributed by atoms with Crippen LogP contribution in [-0.2, 0) is 17.0 Å². The van der Waals surface area contributed by atoms with Gasteiger partial charge in [0, 0.05) is 0 Å². The van der Waals surface area contributed by atoms with Gasteiger partial charge in [-0.1, -0.05) is 174 Å². The second kappa shape index (κ2) is 27.7. The van der Waals surface area contributed by atoms with Gasteiger partial charge in [0.25, 0.3) is 0 Å². The van der Waals surface area contributed by atoms with Crippen molar-refractivity contribution in [2.24, 2.45) is 0 Å². The standard InChI is InChI=1S/C24H34.C23H32.C20H26.C16H15F3/c1-14(2)20-12-22(15(3)4)24(23(13-20)16(5)6)21-10-17(7)19(9)18(8)11-21;1-15-10-18(11-16(2)17(15)3)19-12-20(22(4,5)6)14-21(13-19)23(7,8)9;1-11-9-19(10-12(2)13(11)3)20-17(7)15(5)14(4)16(6)18(20)8;1-10-8-14(9-11(2)12(10)3)13-4-6-15(7-5-13)16(17,18)19/h10-16H,1-9H3;10-14H,1-9H3;9-10H,1-8H3;4-9H,1-3H3. The van der Waals surface area contributed by atoms with Crippen LogP contribution in [0.15, 0.2) is 103 Å². The van der Waals surface area contributed by atoms with E-state index in [1.807, 2.05) is 32.9 Å². The average Bonchev–Trinajstić information content (AvgIpc) is 0.924. The van der Waals surface area contributed by atoms with E-state index in [1.54, 1.807) is 0 Å². The summed E-state index contributed by atoms with van der Waals surface area (Å²) in [5, 5.41) is 0. The van der Waals surface area contributed by atoms with Crippen molar-refractivity contribution >= 4 is 0 Å². The summed E-state index contributed by atoms with van der Waals surface area (Å²) in [6.45, 7) is 64.9. The molecule has 460 valence electrons. The topological polar surface area (TPSA) is 0 Å². The molecule has 0 spiro atoms. The van der Waals surface area contributed by atoms with Crippen molar-refractivity contribution in [3.8, 4) is 44.5 Å². The first-order valence-corrected chi connectivity index (χ1v) is 31.5. The highest BCUT2D eigenvalue weighted by atomic mass is 19.4. The molecule has 0 amide bonds. The summed E-state index contributed by atoms with van der Waals surface area (Å²) in [6.07, 6.45) is -4.28. The van der Waals surface area contributed by atoms with Crippen LogP contribution in [-0.4, -0.2) is 0 Å². The van der Waals surface area contributed by atoms with E-state index in [2.05, 4.69) is 247 Å². The van der Waals surface area contributed by atoms with Crippen LogP contribution < -0.4 is 0 Å². The molecule has 0 aliphatic carbocycles. The Hall–Kier alpha value is -6.45. The van der Waals surface area contributed by atoms with Crippen LogP contribution >= 0.6 is 0 Å². The third-order valence-corrected chi connectivity index (χ3v) is 19.0. The molecule has 0 saturated heterocycles. The van der Waals surface area contributed by atoms with E-state index in [1.165, 1.54) is 157 Å². The molecule has 8 rings (SSSR count). The Morgan fingerprint density at radius 1 is 0.256 bits per heavy atom. The molecule has 3 heteroatoms. The van der Waals surface area contributed by atoms with Gasteiger partial charge in [0.15, 0.2) is 0 Å². The number of rotatable bonds is 7. The minimum absolute atomic E-state index is 0.158. The molecule has 0 nitrogen and oxygen atoms in total. The van der Waals surface area contributed by atoms with Gasteiger partial charge in [0.1, 0.15) is 0 Å². The van der Waals surface area contributed by atoms with Crippen molar-refractivity contribution in [1.82, 2.24) is 0 Å². The molecule has 0 atom stereocenters.